The largest absolute Gasteiger partial charge is 0.436 e. The van der Waals surface area contributed by atoms with Gasteiger partial charge in [0.1, 0.15) is 0 Å². The highest BCUT2D eigenvalue weighted by Crippen LogP contribution is 2.29. The molecule has 0 aliphatic carbocycles. The average molecular weight is 632 g/mol. The summed E-state index contributed by atoms with van der Waals surface area (Å²) in [6, 6.07) is 15.2. The Balaban J connectivity index is 1.11. The molecule has 2 saturated heterocycles. The number of piperazine rings is 1. The second-order valence-corrected chi connectivity index (χ2v) is 12.2. The van der Waals surface area contributed by atoms with Crippen LogP contribution in [0.25, 0.3) is 0 Å². The van der Waals surface area contributed by atoms with Gasteiger partial charge < -0.3 is 35.4 Å². The Kier molecular flexibility index (Phi) is 8.97. The van der Waals surface area contributed by atoms with E-state index in [0.29, 0.717) is 69.4 Å². The molecule has 3 aliphatic rings. The van der Waals surface area contributed by atoms with Gasteiger partial charge in [-0.1, -0.05) is 35.9 Å². The maximum Gasteiger partial charge on any atom is 0.410 e. The molecule has 0 saturated carbocycles. The standard InChI is InChI=1S/C33H38ClN7O4/c1-22-18-23(19-27(34)30(22)35)20-29(31(42)39-16-14-38(15-17-39)25-6-10-36-11-7-25)45-33(44)40-12-8-26(9-13-40)41-21-24-4-2-3-5-28(24)37-32(41)43/h2-7,10-11,18-19,26,29H,8-9,12-17,20-21,35H2,1H3,(H,37,43)/t29-/m1/s1. The summed E-state index contributed by atoms with van der Waals surface area (Å²) < 4.78 is 5.99. The highest BCUT2D eigenvalue weighted by molar-refractivity contribution is 6.33. The lowest BCUT2D eigenvalue weighted by molar-refractivity contribution is -0.141. The molecule has 11 nitrogen and oxygen atoms in total. The molecule has 2 aromatic carbocycles. The Hall–Kier alpha value is -4.51. The van der Waals surface area contributed by atoms with E-state index < -0.39 is 12.2 Å². The third kappa shape index (κ3) is 6.78. The van der Waals surface area contributed by atoms with E-state index in [0.717, 1.165) is 28.1 Å². The predicted octanol–water partition coefficient (Wildman–Crippen LogP) is 4.53. The van der Waals surface area contributed by atoms with Gasteiger partial charge in [0.25, 0.3) is 5.91 Å². The molecule has 3 aromatic rings. The molecule has 0 unspecified atom stereocenters. The van der Waals surface area contributed by atoms with Crippen LogP contribution in [-0.4, -0.2) is 89.1 Å². The SMILES string of the molecule is Cc1cc(C[C@@H](OC(=O)N2CCC(N3Cc4ccccc4NC3=O)CC2)C(=O)N2CCN(c3ccncc3)CC2)cc(Cl)c1N. The normalized spacial score (nSPS) is 17.9. The quantitative estimate of drug-likeness (QED) is 0.383. The molecule has 4 amide bonds. The van der Waals surface area contributed by atoms with Crippen LogP contribution in [0, 0.1) is 6.92 Å². The van der Waals surface area contributed by atoms with Crippen LogP contribution in [0.15, 0.2) is 60.9 Å². The first-order valence-corrected chi connectivity index (χ1v) is 15.7. The zero-order chi connectivity index (χ0) is 31.5. The van der Waals surface area contributed by atoms with E-state index in [1.54, 1.807) is 28.3 Å². The number of likely N-dealkylation sites (tertiary alicyclic amines) is 1. The van der Waals surface area contributed by atoms with E-state index in [9.17, 15) is 14.4 Å². The minimum atomic E-state index is -1.02. The molecule has 0 bridgehead atoms. The van der Waals surface area contributed by atoms with Gasteiger partial charge in [-0.3, -0.25) is 9.78 Å². The van der Waals surface area contributed by atoms with E-state index in [-0.39, 0.29) is 24.4 Å². The molecule has 6 rings (SSSR count). The number of rotatable bonds is 6. The van der Waals surface area contributed by atoms with Gasteiger partial charge in [-0.25, -0.2) is 9.59 Å². The van der Waals surface area contributed by atoms with Crippen LogP contribution >= 0.6 is 11.6 Å². The highest BCUT2D eigenvalue weighted by atomic mass is 35.5. The number of pyridine rings is 1. The van der Waals surface area contributed by atoms with Crippen LogP contribution in [-0.2, 0) is 22.5 Å². The van der Waals surface area contributed by atoms with Crippen molar-refractivity contribution in [3.05, 3.63) is 82.6 Å². The van der Waals surface area contributed by atoms with Crippen molar-refractivity contribution in [2.24, 2.45) is 0 Å². The van der Waals surface area contributed by atoms with E-state index in [1.807, 2.05) is 54.3 Å². The third-order valence-corrected chi connectivity index (χ3v) is 9.29. The highest BCUT2D eigenvalue weighted by Gasteiger charge is 2.36. The second kappa shape index (κ2) is 13.2. The fourth-order valence-electron chi connectivity index (χ4n) is 6.35. The second-order valence-electron chi connectivity index (χ2n) is 11.8. The Morgan fingerprint density at radius 1 is 1.02 bits per heavy atom. The van der Waals surface area contributed by atoms with Gasteiger partial charge in [0.05, 0.1) is 10.7 Å². The first-order chi connectivity index (χ1) is 21.8. The zero-order valence-corrected chi connectivity index (χ0v) is 26.1. The van der Waals surface area contributed by atoms with Gasteiger partial charge in [0, 0.05) is 82.0 Å². The number of urea groups is 1. The summed E-state index contributed by atoms with van der Waals surface area (Å²) in [6.07, 6.45) is 3.37. The number of para-hydroxylation sites is 1. The molecular weight excluding hydrogens is 594 g/mol. The van der Waals surface area contributed by atoms with Crippen molar-refractivity contribution < 1.29 is 19.1 Å². The number of nitrogens with zero attached hydrogens (tertiary/aromatic N) is 5. The van der Waals surface area contributed by atoms with Crippen molar-refractivity contribution >= 4 is 46.7 Å². The number of nitrogen functional groups attached to an aromatic ring is 1. The first kappa shape index (κ1) is 30.5. The van der Waals surface area contributed by atoms with E-state index in [2.05, 4.69) is 15.2 Å². The Labute approximate surface area is 267 Å². The lowest BCUT2D eigenvalue weighted by atomic mass is 10.0. The van der Waals surface area contributed by atoms with E-state index in [1.165, 1.54) is 0 Å². The van der Waals surface area contributed by atoms with Gasteiger partial charge in [-0.15, -0.1) is 0 Å². The summed E-state index contributed by atoms with van der Waals surface area (Å²) in [5, 5.41) is 3.38. The van der Waals surface area contributed by atoms with Crippen molar-refractivity contribution in [3.8, 4) is 0 Å². The lowest BCUT2D eigenvalue weighted by Gasteiger charge is -2.40. The maximum atomic E-state index is 13.9. The minimum absolute atomic E-state index is 0.00331. The van der Waals surface area contributed by atoms with Crippen molar-refractivity contribution in [2.45, 2.75) is 44.9 Å². The van der Waals surface area contributed by atoms with Crippen LogP contribution in [0.4, 0.5) is 26.7 Å². The number of anilines is 3. The van der Waals surface area contributed by atoms with Crippen molar-refractivity contribution in [1.29, 1.82) is 0 Å². The van der Waals surface area contributed by atoms with E-state index >= 15 is 0 Å². The molecule has 0 spiro atoms. The molecule has 4 heterocycles. The van der Waals surface area contributed by atoms with Gasteiger partial charge in [-0.05, 0) is 60.7 Å². The summed E-state index contributed by atoms with van der Waals surface area (Å²) in [7, 11) is 0. The van der Waals surface area contributed by atoms with Gasteiger partial charge in [-0.2, -0.15) is 0 Å². The van der Waals surface area contributed by atoms with Crippen LogP contribution < -0.4 is 16.0 Å². The fraction of sp³-hybridized carbons (Fsp3) is 0.394. The molecular formula is C33H38ClN7O4. The lowest BCUT2D eigenvalue weighted by Crippen LogP contribution is -2.54. The zero-order valence-electron chi connectivity index (χ0n) is 25.3. The molecule has 1 aromatic heterocycles. The van der Waals surface area contributed by atoms with Crippen LogP contribution in [0.2, 0.25) is 5.02 Å². The number of aryl methyl sites for hydroxylation is 1. The number of hydrogen-bond donors (Lipinski definition) is 2. The molecule has 2 fully saturated rings. The molecule has 12 heteroatoms. The number of ether oxygens (including phenoxy) is 1. The Morgan fingerprint density at radius 3 is 2.44 bits per heavy atom. The molecule has 3 N–H and O–H groups in total. The summed E-state index contributed by atoms with van der Waals surface area (Å²) in [5.41, 5.74) is 11.1. The predicted molar refractivity (Wildman–Crippen MR) is 173 cm³/mol. The molecule has 0 radical (unpaired) electrons. The summed E-state index contributed by atoms with van der Waals surface area (Å²) in [5.74, 6) is -0.234. The number of amides is 4. The topological polar surface area (TPSA) is 124 Å². The number of fused-ring (bicyclic) bond motifs is 1. The fourth-order valence-corrected chi connectivity index (χ4v) is 6.64. The summed E-state index contributed by atoms with van der Waals surface area (Å²) >= 11 is 6.37. The smallest absolute Gasteiger partial charge is 0.410 e. The van der Waals surface area contributed by atoms with Crippen molar-refractivity contribution in [1.82, 2.24) is 19.7 Å². The first-order valence-electron chi connectivity index (χ1n) is 15.4. The summed E-state index contributed by atoms with van der Waals surface area (Å²) in [6.45, 7) is 5.56. The number of nitrogens with two attached hydrogens (primary N) is 1. The number of aromatic nitrogens is 1. The maximum absolute atomic E-state index is 13.9. The number of carbonyl (C=O) groups excluding carboxylic acids is 3. The Bertz CT molecular complexity index is 1530. The molecule has 1 atom stereocenters. The molecule has 3 aliphatic heterocycles. The van der Waals surface area contributed by atoms with Gasteiger partial charge in [0.2, 0.25) is 0 Å². The third-order valence-electron chi connectivity index (χ3n) is 8.98. The van der Waals surface area contributed by atoms with Crippen LogP contribution in [0.5, 0.6) is 0 Å². The van der Waals surface area contributed by atoms with Gasteiger partial charge >= 0.3 is 12.1 Å². The number of hydrogen-bond acceptors (Lipinski definition) is 7. The van der Waals surface area contributed by atoms with Gasteiger partial charge in [0.15, 0.2) is 6.10 Å². The molecule has 45 heavy (non-hydrogen) atoms. The monoisotopic (exact) mass is 631 g/mol. The molecule has 236 valence electrons. The Morgan fingerprint density at radius 2 is 1.73 bits per heavy atom. The number of benzene rings is 2. The van der Waals surface area contributed by atoms with Crippen LogP contribution in [0.1, 0.15) is 29.5 Å². The number of carbonyl (C=O) groups is 3. The number of piperidine rings is 1. The minimum Gasteiger partial charge on any atom is -0.436 e. The average Bonchev–Trinajstić information content (AvgIpc) is 3.06. The summed E-state index contributed by atoms with van der Waals surface area (Å²) in [4.78, 5) is 51.8. The number of halogens is 1. The number of nitrogens with one attached hydrogen (secondary N) is 1. The van der Waals surface area contributed by atoms with Crippen molar-refractivity contribution in [2.75, 3.05) is 55.2 Å². The van der Waals surface area contributed by atoms with E-state index in [4.69, 9.17) is 22.1 Å². The van der Waals surface area contributed by atoms with Crippen LogP contribution in [0.3, 0.4) is 0 Å². The van der Waals surface area contributed by atoms with Crippen molar-refractivity contribution in [3.63, 3.8) is 0 Å².